The van der Waals surface area contributed by atoms with Crippen molar-refractivity contribution in [1.82, 2.24) is 9.88 Å². The molecule has 5 nitrogen and oxygen atoms in total. The Balaban J connectivity index is 1.38. The largest absolute Gasteiger partial charge is 0.423 e. The van der Waals surface area contributed by atoms with E-state index in [1.54, 1.807) is 11.3 Å². The second-order valence-corrected chi connectivity index (χ2v) is 7.69. The first-order valence-corrected chi connectivity index (χ1v) is 10.0. The molecule has 1 aromatic carbocycles. The van der Waals surface area contributed by atoms with Gasteiger partial charge in [0.1, 0.15) is 5.52 Å². The number of piperidine rings is 1. The minimum absolute atomic E-state index is 0.0931. The lowest BCUT2D eigenvalue weighted by atomic mass is 9.95. The number of oxazole rings is 1. The van der Waals surface area contributed by atoms with Crippen LogP contribution in [0, 0.1) is 5.92 Å². The molecule has 0 unspecified atom stereocenters. The monoisotopic (exact) mass is 369 g/mol. The lowest BCUT2D eigenvalue weighted by molar-refractivity contribution is -0.136. The number of hydrogen-bond donors (Lipinski definition) is 0. The summed E-state index contributed by atoms with van der Waals surface area (Å²) in [5, 5.41) is 2.06. The average molecular weight is 369 g/mol. The number of aromatic nitrogens is 1. The van der Waals surface area contributed by atoms with Gasteiger partial charge >= 0.3 is 0 Å². The van der Waals surface area contributed by atoms with E-state index in [1.807, 2.05) is 35.2 Å². The Labute approximate surface area is 157 Å². The van der Waals surface area contributed by atoms with Gasteiger partial charge in [0.15, 0.2) is 5.58 Å². The van der Waals surface area contributed by atoms with Gasteiger partial charge in [-0.3, -0.25) is 4.79 Å². The molecule has 3 heterocycles. The number of amides is 1. The van der Waals surface area contributed by atoms with Gasteiger partial charge in [0, 0.05) is 30.4 Å². The molecule has 26 heavy (non-hydrogen) atoms. The summed E-state index contributed by atoms with van der Waals surface area (Å²) in [5.41, 5.74) is 1.70. The van der Waals surface area contributed by atoms with Crippen molar-refractivity contribution in [3.63, 3.8) is 0 Å². The molecule has 1 fully saturated rings. The van der Waals surface area contributed by atoms with Crippen LogP contribution in [0.1, 0.15) is 24.6 Å². The molecule has 0 saturated carbocycles. The molecule has 1 saturated heterocycles. The van der Waals surface area contributed by atoms with E-state index in [0.717, 1.165) is 50.1 Å². The van der Waals surface area contributed by atoms with E-state index in [0.29, 0.717) is 6.01 Å². The lowest BCUT2D eigenvalue weighted by Crippen LogP contribution is -2.42. The minimum atomic E-state index is 0.0931. The van der Waals surface area contributed by atoms with Crippen molar-refractivity contribution in [2.75, 3.05) is 24.5 Å². The van der Waals surface area contributed by atoms with Crippen molar-refractivity contribution in [1.29, 1.82) is 0 Å². The molecule has 1 aliphatic rings. The molecule has 6 heteroatoms. The van der Waals surface area contributed by atoms with Crippen LogP contribution in [-0.4, -0.2) is 35.4 Å². The van der Waals surface area contributed by atoms with Crippen LogP contribution in [-0.2, 0) is 11.3 Å². The van der Waals surface area contributed by atoms with E-state index >= 15 is 0 Å². The van der Waals surface area contributed by atoms with Crippen LogP contribution in [0.25, 0.3) is 11.1 Å². The van der Waals surface area contributed by atoms with Gasteiger partial charge in [0.25, 0.3) is 6.01 Å². The van der Waals surface area contributed by atoms with Gasteiger partial charge in [-0.2, -0.15) is 4.98 Å². The number of para-hydroxylation sites is 2. The summed E-state index contributed by atoms with van der Waals surface area (Å²) in [4.78, 5) is 22.9. The van der Waals surface area contributed by atoms with Crippen molar-refractivity contribution in [3.8, 4) is 0 Å². The molecule has 0 atom stereocenters. The third kappa shape index (κ3) is 3.46. The molecule has 2 aromatic heterocycles. The van der Waals surface area contributed by atoms with Crippen LogP contribution in [0.15, 0.2) is 46.2 Å². The molecule has 0 N–H and O–H groups in total. The Morgan fingerprint density at radius 2 is 2.08 bits per heavy atom. The average Bonchev–Trinajstić information content (AvgIpc) is 3.35. The van der Waals surface area contributed by atoms with Gasteiger partial charge in [0.05, 0.1) is 6.54 Å². The van der Waals surface area contributed by atoms with E-state index in [-0.39, 0.29) is 11.8 Å². The van der Waals surface area contributed by atoms with Crippen LogP contribution in [0.4, 0.5) is 6.01 Å². The molecule has 0 bridgehead atoms. The van der Waals surface area contributed by atoms with Crippen molar-refractivity contribution >= 4 is 34.4 Å². The zero-order valence-corrected chi connectivity index (χ0v) is 15.7. The Morgan fingerprint density at radius 1 is 1.27 bits per heavy atom. The van der Waals surface area contributed by atoms with Gasteiger partial charge in [-0.15, -0.1) is 11.3 Å². The fraction of sp³-hybridized carbons (Fsp3) is 0.400. The Hall–Kier alpha value is -2.34. The van der Waals surface area contributed by atoms with Crippen molar-refractivity contribution in [2.24, 2.45) is 5.92 Å². The summed E-state index contributed by atoms with van der Waals surface area (Å²) in [7, 11) is 0. The van der Waals surface area contributed by atoms with Gasteiger partial charge in [-0.05, 0) is 43.3 Å². The van der Waals surface area contributed by atoms with Gasteiger partial charge in [-0.1, -0.05) is 18.2 Å². The number of benzene rings is 1. The van der Waals surface area contributed by atoms with Crippen molar-refractivity contribution < 1.29 is 9.21 Å². The first-order chi connectivity index (χ1) is 12.7. The van der Waals surface area contributed by atoms with Crippen LogP contribution in [0.3, 0.4) is 0 Å². The maximum absolute atomic E-state index is 12.9. The topological polar surface area (TPSA) is 49.6 Å². The predicted octanol–water partition coefficient (Wildman–Crippen LogP) is 4.15. The minimum Gasteiger partial charge on any atom is -0.423 e. The number of hydrogen-bond acceptors (Lipinski definition) is 5. The molecular weight excluding hydrogens is 346 g/mol. The van der Waals surface area contributed by atoms with Gasteiger partial charge in [-0.25, -0.2) is 0 Å². The summed E-state index contributed by atoms with van der Waals surface area (Å²) in [6.07, 6.45) is 1.69. The zero-order valence-electron chi connectivity index (χ0n) is 14.9. The molecule has 136 valence electrons. The third-order valence-corrected chi connectivity index (χ3v) is 5.88. The summed E-state index contributed by atoms with van der Waals surface area (Å²) in [6, 6.07) is 12.6. The fourth-order valence-corrected chi connectivity index (χ4v) is 4.23. The molecular formula is C20H23N3O2S. The summed E-state index contributed by atoms with van der Waals surface area (Å²) < 4.78 is 5.86. The van der Waals surface area contributed by atoms with E-state index < -0.39 is 0 Å². The maximum atomic E-state index is 12.9. The highest BCUT2D eigenvalue weighted by atomic mass is 32.1. The first-order valence-electron chi connectivity index (χ1n) is 9.16. The van der Waals surface area contributed by atoms with E-state index in [1.165, 1.54) is 4.88 Å². The normalized spacial score (nSPS) is 15.5. The molecule has 0 spiro atoms. The second kappa shape index (κ2) is 7.50. The van der Waals surface area contributed by atoms with Crippen LogP contribution in [0.5, 0.6) is 0 Å². The Kier molecular flexibility index (Phi) is 4.93. The zero-order chi connectivity index (χ0) is 17.9. The Bertz CT molecular complexity index is 833. The molecule has 3 aromatic rings. The van der Waals surface area contributed by atoms with Crippen LogP contribution < -0.4 is 4.90 Å². The third-order valence-electron chi connectivity index (χ3n) is 5.02. The Morgan fingerprint density at radius 3 is 2.77 bits per heavy atom. The number of carbonyl (C=O) groups excluding carboxylic acids is 1. The highest BCUT2D eigenvalue weighted by Crippen LogP contribution is 2.27. The molecule has 1 aliphatic heterocycles. The quantitative estimate of drug-likeness (QED) is 0.678. The number of nitrogens with zero attached hydrogens (tertiary/aromatic N) is 3. The number of anilines is 1. The first kappa shape index (κ1) is 17.1. The van der Waals surface area contributed by atoms with Gasteiger partial charge in [0.2, 0.25) is 5.91 Å². The number of carbonyl (C=O) groups is 1. The molecule has 1 amide bonds. The smallest absolute Gasteiger partial charge is 0.298 e. The van der Waals surface area contributed by atoms with Crippen LogP contribution >= 0.6 is 11.3 Å². The molecule has 4 rings (SSSR count). The van der Waals surface area contributed by atoms with Crippen molar-refractivity contribution in [2.45, 2.75) is 26.3 Å². The second-order valence-electron chi connectivity index (χ2n) is 6.66. The van der Waals surface area contributed by atoms with Crippen molar-refractivity contribution in [3.05, 3.63) is 46.7 Å². The fourth-order valence-electron chi connectivity index (χ4n) is 3.51. The SMILES string of the molecule is CCN(Cc1cccs1)C(=O)C1CCN(c2nc3ccccc3o2)CC1. The predicted molar refractivity (Wildman–Crippen MR) is 104 cm³/mol. The number of thiophene rings is 1. The van der Waals surface area contributed by atoms with E-state index in [2.05, 4.69) is 28.3 Å². The summed E-state index contributed by atoms with van der Waals surface area (Å²) in [5.74, 6) is 0.369. The molecule has 0 aliphatic carbocycles. The van der Waals surface area contributed by atoms with E-state index in [9.17, 15) is 4.79 Å². The lowest BCUT2D eigenvalue weighted by Gasteiger charge is -2.33. The highest BCUT2D eigenvalue weighted by molar-refractivity contribution is 7.09. The highest BCUT2D eigenvalue weighted by Gasteiger charge is 2.29. The number of fused-ring (bicyclic) bond motifs is 1. The maximum Gasteiger partial charge on any atom is 0.298 e. The summed E-state index contributed by atoms with van der Waals surface area (Å²) in [6.45, 7) is 5.14. The van der Waals surface area contributed by atoms with Gasteiger partial charge < -0.3 is 14.2 Å². The number of rotatable bonds is 5. The van der Waals surface area contributed by atoms with E-state index in [4.69, 9.17) is 4.42 Å². The van der Waals surface area contributed by atoms with Crippen LogP contribution in [0.2, 0.25) is 0 Å². The summed E-state index contributed by atoms with van der Waals surface area (Å²) >= 11 is 1.71. The standard InChI is InChI=1S/C20H23N3O2S/c1-2-22(14-16-6-5-13-26-16)19(24)15-9-11-23(12-10-15)20-21-17-7-3-4-8-18(17)25-20/h3-8,13,15H,2,9-12,14H2,1H3. The molecule has 0 radical (unpaired) electrons.